The molecule has 0 N–H and O–H groups in total. The predicted molar refractivity (Wildman–Crippen MR) is 55.3 cm³/mol. The SMILES string of the molecule is Cc1cc(C=O)ccc1N1CCOC1=O. The van der Waals surface area contributed by atoms with Gasteiger partial charge in [0, 0.05) is 5.56 Å². The van der Waals surface area contributed by atoms with Crippen LogP contribution in [0, 0.1) is 6.92 Å². The highest BCUT2D eigenvalue weighted by molar-refractivity contribution is 5.91. The van der Waals surface area contributed by atoms with Crippen molar-refractivity contribution in [3.63, 3.8) is 0 Å². The molecule has 0 aromatic heterocycles. The Labute approximate surface area is 87.4 Å². The molecule has 0 atom stereocenters. The number of hydrogen-bond donors (Lipinski definition) is 0. The van der Waals surface area contributed by atoms with Crippen LogP contribution in [0.4, 0.5) is 10.5 Å². The Morgan fingerprint density at radius 3 is 2.80 bits per heavy atom. The number of benzene rings is 1. The number of ether oxygens (including phenoxy) is 1. The smallest absolute Gasteiger partial charge is 0.414 e. The molecule has 1 heterocycles. The first-order valence-corrected chi connectivity index (χ1v) is 4.72. The first kappa shape index (κ1) is 9.71. The molecule has 1 aliphatic heterocycles. The zero-order valence-corrected chi connectivity index (χ0v) is 8.40. The van der Waals surface area contributed by atoms with E-state index in [1.165, 1.54) is 0 Å². The average molecular weight is 205 g/mol. The van der Waals surface area contributed by atoms with Crippen molar-refractivity contribution in [3.05, 3.63) is 29.3 Å². The summed E-state index contributed by atoms with van der Waals surface area (Å²) < 4.78 is 4.85. The quantitative estimate of drug-likeness (QED) is 0.691. The Morgan fingerprint density at radius 2 is 2.27 bits per heavy atom. The number of anilines is 1. The number of rotatable bonds is 2. The molecule has 15 heavy (non-hydrogen) atoms. The van der Waals surface area contributed by atoms with E-state index < -0.39 is 0 Å². The van der Waals surface area contributed by atoms with E-state index in [4.69, 9.17) is 4.74 Å². The van der Waals surface area contributed by atoms with Crippen molar-refractivity contribution in [2.45, 2.75) is 6.92 Å². The first-order chi connectivity index (χ1) is 7.22. The lowest BCUT2D eigenvalue weighted by Crippen LogP contribution is -2.24. The molecule has 0 spiro atoms. The second kappa shape index (κ2) is 3.73. The highest BCUT2D eigenvalue weighted by atomic mass is 16.6. The van der Waals surface area contributed by atoms with Gasteiger partial charge in [0.2, 0.25) is 0 Å². The minimum atomic E-state index is -0.322. The van der Waals surface area contributed by atoms with Gasteiger partial charge in [0.1, 0.15) is 12.9 Å². The molecule has 0 saturated carbocycles. The van der Waals surface area contributed by atoms with Gasteiger partial charge in [-0.25, -0.2) is 4.79 Å². The topological polar surface area (TPSA) is 46.6 Å². The Hall–Kier alpha value is -1.84. The van der Waals surface area contributed by atoms with Gasteiger partial charge in [-0.2, -0.15) is 0 Å². The number of carbonyl (C=O) groups excluding carboxylic acids is 2. The monoisotopic (exact) mass is 205 g/mol. The number of cyclic esters (lactones) is 1. The van der Waals surface area contributed by atoms with Gasteiger partial charge in [-0.1, -0.05) is 0 Å². The summed E-state index contributed by atoms with van der Waals surface area (Å²) in [6, 6.07) is 5.22. The molecule has 1 fully saturated rings. The van der Waals surface area contributed by atoms with E-state index in [-0.39, 0.29) is 6.09 Å². The van der Waals surface area contributed by atoms with Crippen LogP contribution in [0.5, 0.6) is 0 Å². The van der Waals surface area contributed by atoms with Crippen LogP contribution in [0.2, 0.25) is 0 Å². The minimum Gasteiger partial charge on any atom is -0.447 e. The molecule has 4 heteroatoms. The highest BCUT2D eigenvalue weighted by Crippen LogP contribution is 2.23. The number of aryl methyl sites for hydroxylation is 1. The van der Waals surface area contributed by atoms with Crippen LogP contribution in [-0.2, 0) is 4.74 Å². The fourth-order valence-electron chi connectivity index (χ4n) is 1.67. The molecule has 1 aliphatic rings. The van der Waals surface area contributed by atoms with Crippen molar-refractivity contribution in [3.8, 4) is 0 Å². The number of amides is 1. The molecule has 1 saturated heterocycles. The van der Waals surface area contributed by atoms with E-state index in [1.807, 2.05) is 6.92 Å². The Bertz CT molecular complexity index is 414. The zero-order chi connectivity index (χ0) is 10.8. The maximum absolute atomic E-state index is 11.3. The summed E-state index contributed by atoms with van der Waals surface area (Å²) in [6.07, 6.45) is 0.468. The van der Waals surface area contributed by atoms with Gasteiger partial charge in [-0.05, 0) is 30.7 Å². The van der Waals surface area contributed by atoms with Crippen molar-refractivity contribution in [1.29, 1.82) is 0 Å². The fourth-order valence-corrected chi connectivity index (χ4v) is 1.67. The molecule has 1 amide bonds. The molecule has 0 bridgehead atoms. The van der Waals surface area contributed by atoms with E-state index in [0.717, 1.165) is 17.5 Å². The lowest BCUT2D eigenvalue weighted by Gasteiger charge is -2.15. The van der Waals surface area contributed by atoms with E-state index in [0.29, 0.717) is 18.7 Å². The molecule has 1 aromatic rings. The van der Waals surface area contributed by atoms with Crippen LogP contribution in [-0.4, -0.2) is 25.5 Å². The zero-order valence-electron chi connectivity index (χ0n) is 8.40. The van der Waals surface area contributed by atoms with Crippen LogP contribution in [0.1, 0.15) is 15.9 Å². The summed E-state index contributed by atoms with van der Waals surface area (Å²) >= 11 is 0. The van der Waals surface area contributed by atoms with Crippen LogP contribution in [0.15, 0.2) is 18.2 Å². The van der Waals surface area contributed by atoms with Crippen molar-refractivity contribution in [2.75, 3.05) is 18.1 Å². The molecular weight excluding hydrogens is 194 g/mol. The molecular formula is C11H11NO3. The number of nitrogens with zero attached hydrogens (tertiary/aromatic N) is 1. The van der Waals surface area contributed by atoms with Crippen LogP contribution < -0.4 is 4.90 Å². The maximum atomic E-state index is 11.3. The van der Waals surface area contributed by atoms with E-state index in [2.05, 4.69) is 0 Å². The molecule has 1 aromatic carbocycles. The third-order valence-corrected chi connectivity index (χ3v) is 2.41. The van der Waals surface area contributed by atoms with Crippen molar-refractivity contribution in [1.82, 2.24) is 0 Å². The van der Waals surface area contributed by atoms with Crippen LogP contribution >= 0.6 is 0 Å². The van der Waals surface area contributed by atoms with Gasteiger partial charge in [-0.3, -0.25) is 9.69 Å². The second-order valence-corrected chi connectivity index (χ2v) is 3.43. The summed E-state index contributed by atoms with van der Waals surface area (Å²) in [5, 5.41) is 0. The third-order valence-electron chi connectivity index (χ3n) is 2.41. The summed E-state index contributed by atoms with van der Waals surface area (Å²) in [7, 11) is 0. The largest absolute Gasteiger partial charge is 0.447 e. The number of carbonyl (C=O) groups is 2. The normalized spacial score (nSPS) is 15.3. The molecule has 0 unspecified atom stereocenters. The highest BCUT2D eigenvalue weighted by Gasteiger charge is 2.24. The summed E-state index contributed by atoms with van der Waals surface area (Å²) in [4.78, 5) is 23.4. The predicted octanol–water partition coefficient (Wildman–Crippen LogP) is 1.76. The van der Waals surface area contributed by atoms with Crippen LogP contribution in [0.3, 0.4) is 0 Å². The summed E-state index contributed by atoms with van der Waals surface area (Å²) in [5.74, 6) is 0. The lowest BCUT2D eigenvalue weighted by molar-refractivity contribution is 0.112. The molecule has 2 rings (SSSR count). The van der Waals surface area contributed by atoms with Gasteiger partial charge in [-0.15, -0.1) is 0 Å². The summed E-state index contributed by atoms with van der Waals surface area (Å²) in [6.45, 7) is 2.86. The maximum Gasteiger partial charge on any atom is 0.414 e. The molecule has 0 aliphatic carbocycles. The Morgan fingerprint density at radius 1 is 1.47 bits per heavy atom. The van der Waals surface area contributed by atoms with Gasteiger partial charge >= 0.3 is 6.09 Å². The van der Waals surface area contributed by atoms with Gasteiger partial charge < -0.3 is 4.74 Å². The summed E-state index contributed by atoms with van der Waals surface area (Å²) in [5.41, 5.74) is 2.32. The van der Waals surface area contributed by atoms with Crippen molar-refractivity contribution < 1.29 is 14.3 Å². The lowest BCUT2D eigenvalue weighted by atomic mass is 10.1. The van der Waals surface area contributed by atoms with E-state index >= 15 is 0 Å². The van der Waals surface area contributed by atoms with Crippen molar-refractivity contribution >= 4 is 18.1 Å². The fraction of sp³-hybridized carbons (Fsp3) is 0.273. The van der Waals surface area contributed by atoms with E-state index in [9.17, 15) is 9.59 Å². The average Bonchev–Trinajstić information content (AvgIpc) is 2.64. The number of aldehydes is 1. The minimum absolute atomic E-state index is 0.322. The molecule has 4 nitrogen and oxygen atoms in total. The van der Waals surface area contributed by atoms with Crippen LogP contribution in [0.25, 0.3) is 0 Å². The third kappa shape index (κ3) is 1.70. The van der Waals surface area contributed by atoms with E-state index in [1.54, 1.807) is 23.1 Å². The first-order valence-electron chi connectivity index (χ1n) is 4.72. The Kier molecular flexibility index (Phi) is 2.41. The number of hydrogen-bond acceptors (Lipinski definition) is 3. The standard InChI is InChI=1S/C11H11NO3/c1-8-6-9(7-13)2-3-10(8)12-4-5-15-11(12)14/h2-3,6-7H,4-5H2,1H3. The molecule has 78 valence electrons. The van der Waals surface area contributed by atoms with Gasteiger partial charge in [0.25, 0.3) is 0 Å². The van der Waals surface area contributed by atoms with Gasteiger partial charge in [0.05, 0.1) is 12.2 Å². The van der Waals surface area contributed by atoms with Crippen molar-refractivity contribution in [2.24, 2.45) is 0 Å². The Balaban J connectivity index is 2.36. The van der Waals surface area contributed by atoms with Gasteiger partial charge in [0.15, 0.2) is 0 Å². The molecule has 0 radical (unpaired) electrons. The second-order valence-electron chi connectivity index (χ2n) is 3.43.